The molecule has 0 aromatic heterocycles. The quantitative estimate of drug-likeness (QED) is 0.538. The molecule has 0 spiro atoms. The minimum absolute atomic E-state index is 0.00594. The van der Waals surface area contributed by atoms with Crippen molar-refractivity contribution < 1.29 is 19.4 Å². The fourth-order valence-corrected chi connectivity index (χ4v) is 2.30. The molecule has 21 heavy (non-hydrogen) atoms. The standard InChI is InChI=1S/C15H20N2O4/c1-21-7-6-16-9-12(18)10-17-14(19)8-11-4-2-3-5-13(11)15(17)20/h2-5,12,16,18H,6-10H2,1H3. The van der Waals surface area contributed by atoms with Gasteiger partial charge in [-0.3, -0.25) is 14.5 Å². The number of nitrogens with zero attached hydrogens (tertiary/aromatic N) is 1. The fraction of sp³-hybridized carbons (Fsp3) is 0.467. The van der Waals surface area contributed by atoms with Gasteiger partial charge in [0.15, 0.2) is 0 Å². The van der Waals surface area contributed by atoms with Crippen molar-refractivity contribution >= 4 is 11.8 Å². The third-order valence-corrected chi connectivity index (χ3v) is 3.39. The summed E-state index contributed by atoms with van der Waals surface area (Å²) in [6, 6.07) is 7.07. The molecule has 2 N–H and O–H groups in total. The van der Waals surface area contributed by atoms with E-state index in [1.54, 1.807) is 25.3 Å². The van der Waals surface area contributed by atoms with Gasteiger partial charge >= 0.3 is 0 Å². The Morgan fingerprint density at radius 2 is 2.14 bits per heavy atom. The molecule has 0 saturated heterocycles. The molecule has 2 amide bonds. The second-order valence-electron chi connectivity index (χ2n) is 4.99. The van der Waals surface area contributed by atoms with Crippen LogP contribution in [0.2, 0.25) is 0 Å². The summed E-state index contributed by atoms with van der Waals surface area (Å²) in [6.07, 6.45) is -0.592. The van der Waals surface area contributed by atoms with Crippen LogP contribution in [0.15, 0.2) is 24.3 Å². The average Bonchev–Trinajstić information content (AvgIpc) is 2.48. The Balaban J connectivity index is 1.94. The lowest BCUT2D eigenvalue weighted by Crippen LogP contribution is -2.48. The number of imide groups is 1. The second kappa shape index (κ2) is 7.31. The van der Waals surface area contributed by atoms with Crippen molar-refractivity contribution in [2.75, 3.05) is 33.4 Å². The van der Waals surface area contributed by atoms with Gasteiger partial charge in [-0.2, -0.15) is 0 Å². The van der Waals surface area contributed by atoms with E-state index in [4.69, 9.17) is 4.74 Å². The summed E-state index contributed by atoms with van der Waals surface area (Å²) in [5, 5.41) is 12.9. The number of aliphatic hydroxyl groups excluding tert-OH is 1. The van der Waals surface area contributed by atoms with E-state index < -0.39 is 6.10 Å². The van der Waals surface area contributed by atoms with Crippen LogP contribution in [0.3, 0.4) is 0 Å². The first-order chi connectivity index (χ1) is 10.1. The predicted octanol–water partition coefficient (Wildman–Crippen LogP) is -0.192. The van der Waals surface area contributed by atoms with Crippen molar-refractivity contribution in [2.24, 2.45) is 0 Å². The third-order valence-electron chi connectivity index (χ3n) is 3.39. The zero-order valence-electron chi connectivity index (χ0n) is 12.0. The Hall–Kier alpha value is -1.76. The zero-order chi connectivity index (χ0) is 15.2. The highest BCUT2D eigenvalue weighted by Gasteiger charge is 2.31. The summed E-state index contributed by atoms with van der Waals surface area (Å²) in [7, 11) is 1.60. The van der Waals surface area contributed by atoms with Gasteiger partial charge < -0.3 is 15.2 Å². The van der Waals surface area contributed by atoms with E-state index in [0.29, 0.717) is 25.3 Å². The largest absolute Gasteiger partial charge is 0.390 e. The number of hydrogen-bond acceptors (Lipinski definition) is 5. The first-order valence-corrected chi connectivity index (χ1v) is 6.93. The number of β-amino-alcohol motifs (C(OH)–C–C–N with tert-alkyl or cyclic N) is 1. The molecule has 1 aromatic carbocycles. The molecule has 2 rings (SSSR count). The number of ether oxygens (including phenoxy) is 1. The summed E-state index contributed by atoms with van der Waals surface area (Å²) in [5.74, 6) is -0.604. The summed E-state index contributed by atoms with van der Waals surface area (Å²) in [4.78, 5) is 25.5. The van der Waals surface area contributed by atoms with Gasteiger partial charge in [0.05, 0.1) is 25.7 Å². The van der Waals surface area contributed by atoms with Gasteiger partial charge in [0, 0.05) is 25.8 Å². The van der Waals surface area contributed by atoms with Gasteiger partial charge in [0.1, 0.15) is 0 Å². The highest BCUT2D eigenvalue weighted by molar-refractivity contribution is 6.09. The molecule has 0 fully saturated rings. The van der Waals surface area contributed by atoms with Crippen LogP contribution >= 0.6 is 0 Å². The second-order valence-corrected chi connectivity index (χ2v) is 4.99. The molecular weight excluding hydrogens is 272 g/mol. The van der Waals surface area contributed by atoms with Crippen molar-refractivity contribution in [3.05, 3.63) is 35.4 Å². The number of fused-ring (bicyclic) bond motifs is 1. The molecule has 6 heteroatoms. The normalized spacial score (nSPS) is 16.0. The molecule has 1 aliphatic rings. The van der Waals surface area contributed by atoms with Gasteiger partial charge in [-0.25, -0.2) is 0 Å². The number of methoxy groups -OCH3 is 1. The van der Waals surface area contributed by atoms with Crippen LogP contribution in [-0.4, -0.2) is 61.3 Å². The van der Waals surface area contributed by atoms with Gasteiger partial charge in [-0.05, 0) is 11.6 Å². The minimum Gasteiger partial charge on any atom is -0.390 e. The van der Waals surface area contributed by atoms with Crippen molar-refractivity contribution in [1.82, 2.24) is 10.2 Å². The highest BCUT2D eigenvalue weighted by atomic mass is 16.5. The summed E-state index contributed by atoms with van der Waals surface area (Å²) in [6.45, 7) is 1.47. The van der Waals surface area contributed by atoms with Gasteiger partial charge in [0.25, 0.3) is 5.91 Å². The molecule has 1 atom stereocenters. The van der Waals surface area contributed by atoms with Crippen LogP contribution in [0.5, 0.6) is 0 Å². The molecular formula is C15H20N2O4. The maximum absolute atomic E-state index is 12.3. The smallest absolute Gasteiger partial charge is 0.260 e. The van der Waals surface area contributed by atoms with Crippen LogP contribution in [0.4, 0.5) is 0 Å². The van der Waals surface area contributed by atoms with Crippen molar-refractivity contribution in [1.29, 1.82) is 0 Å². The van der Waals surface area contributed by atoms with Crippen molar-refractivity contribution in [3.8, 4) is 0 Å². The van der Waals surface area contributed by atoms with Gasteiger partial charge in [0.2, 0.25) is 5.91 Å². The average molecular weight is 292 g/mol. The van der Waals surface area contributed by atoms with Gasteiger partial charge in [-0.15, -0.1) is 0 Å². The maximum atomic E-state index is 12.3. The van der Waals surface area contributed by atoms with E-state index in [-0.39, 0.29) is 24.8 Å². The monoisotopic (exact) mass is 292 g/mol. The molecule has 1 aliphatic heterocycles. The summed E-state index contributed by atoms with van der Waals surface area (Å²) < 4.78 is 4.88. The van der Waals surface area contributed by atoms with Crippen LogP contribution in [0.1, 0.15) is 15.9 Å². The number of benzene rings is 1. The SMILES string of the molecule is COCCNCC(O)CN1C(=O)Cc2ccccc2C1=O. The van der Waals surface area contributed by atoms with E-state index in [1.165, 1.54) is 0 Å². The fourth-order valence-electron chi connectivity index (χ4n) is 2.30. The van der Waals surface area contributed by atoms with Crippen molar-refractivity contribution in [2.45, 2.75) is 12.5 Å². The lowest BCUT2D eigenvalue weighted by atomic mass is 9.98. The summed E-state index contributed by atoms with van der Waals surface area (Å²) >= 11 is 0. The van der Waals surface area contributed by atoms with Crippen LogP contribution in [0.25, 0.3) is 0 Å². The molecule has 0 radical (unpaired) electrons. The molecule has 6 nitrogen and oxygen atoms in total. The number of carbonyl (C=O) groups excluding carboxylic acids is 2. The highest BCUT2D eigenvalue weighted by Crippen LogP contribution is 2.19. The van der Waals surface area contributed by atoms with E-state index in [9.17, 15) is 14.7 Å². The van der Waals surface area contributed by atoms with Crippen molar-refractivity contribution in [3.63, 3.8) is 0 Å². The number of hydrogen-bond donors (Lipinski definition) is 2. The Morgan fingerprint density at radius 3 is 2.90 bits per heavy atom. The Labute approximate surface area is 123 Å². The van der Waals surface area contributed by atoms with Crippen LogP contribution in [0, 0.1) is 0 Å². The Kier molecular flexibility index (Phi) is 5.44. The van der Waals surface area contributed by atoms with E-state index in [1.807, 2.05) is 6.07 Å². The maximum Gasteiger partial charge on any atom is 0.260 e. The lowest BCUT2D eigenvalue weighted by Gasteiger charge is -2.28. The number of nitrogens with one attached hydrogen (secondary N) is 1. The predicted molar refractivity (Wildman–Crippen MR) is 76.9 cm³/mol. The first-order valence-electron chi connectivity index (χ1n) is 6.93. The number of carbonyl (C=O) groups is 2. The van der Waals surface area contributed by atoms with Crippen LogP contribution in [-0.2, 0) is 16.0 Å². The topological polar surface area (TPSA) is 78.9 Å². The zero-order valence-corrected chi connectivity index (χ0v) is 12.0. The number of aliphatic hydroxyl groups is 1. The molecule has 0 bridgehead atoms. The van der Waals surface area contributed by atoms with Gasteiger partial charge in [-0.1, -0.05) is 18.2 Å². The molecule has 1 aromatic rings. The van der Waals surface area contributed by atoms with Crippen LogP contribution < -0.4 is 5.32 Å². The van der Waals surface area contributed by atoms with E-state index in [0.717, 1.165) is 10.5 Å². The molecule has 1 unspecified atom stereocenters. The Bertz CT molecular complexity index is 518. The molecule has 1 heterocycles. The Morgan fingerprint density at radius 1 is 1.38 bits per heavy atom. The first kappa shape index (κ1) is 15.6. The van der Waals surface area contributed by atoms with E-state index in [2.05, 4.69) is 5.32 Å². The molecule has 114 valence electrons. The van der Waals surface area contributed by atoms with E-state index >= 15 is 0 Å². The lowest BCUT2D eigenvalue weighted by molar-refractivity contribution is -0.129. The number of rotatable bonds is 7. The minimum atomic E-state index is -0.792. The molecule has 0 saturated carbocycles. The summed E-state index contributed by atoms with van der Waals surface area (Å²) in [5.41, 5.74) is 1.29. The number of amides is 2. The molecule has 0 aliphatic carbocycles. The third kappa shape index (κ3) is 3.87.